The van der Waals surface area contributed by atoms with Crippen LogP contribution >= 0.6 is 0 Å². The normalized spacial score (nSPS) is 56.4. The lowest BCUT2D eigenvalue weighted by Gasteiger charge is -2.28. The van der Waals surface area contributed by atoms with Crippen molar-refractivity contribution in [2.45, 2.75) is 49.8 Å². The average molecular weight is 278 g/mol. The fourth-order valence-corrected chi connectivity index (χ4v) is 4.68. The molecule has 7 atom stereocenters. The van der Waals surface area contributed by atoms with Gasteiger partial charge in [-0.3, -0.25) is 0 Å². The Kier molecular flexibility index (Phi) is 2.10. The van der Waals surface area contributed by atoms with Gasteiger partial charge in [-0.2, -0.15) is 0 Å². The fourth-order valence-electron chi connectivity index (χ4n) is 4.68. The second-order valence-corrected chi connectivity index (χ2v) is 6.65. The van der Waals surface area contributed by atoms with Crippen LogP contribution in [-0.2, 0) is 14.3 Å². The van der Waals surface area contributed by atoms with Crippen molar-refractivity contribution in [3.05, 3.63) is 23.8 Å². The molecule has 5 nitrogen and oxygen atoms in total. The van der Waals surface area contributed by atoms with Gasteiger partial charge < -0.3 is 19.7 Å². The summed E-state index contributed by atoms with van der Waals surface area (Å²) in [4.78, 5) is 11.8. The SMILES string of the molecule is C=C1C(=O)OC2C1C(O)CC1(C)OC13C(O)C=C(C)C23. The van der Waals surface area contributed by atoms with Gasteiger partial charge in [-0.05, 0) is 13.8 Å². The molecule has 2 saturated heterocycles. The number of rotatable bonds is 0. The number of carbonyl (C=O) groups is 1. The molecule has 1 saturated carbocycles. The molecule has 0 amide bonds. The quantitative estimate of drug-likeness (QED) is 0.289. The standard InChI is InChI=1S/C15H18O5/c1-6-4-9(17)15-11(6)12-10(7(2)13(18)19-12)8(16)5-14(15,3)20-15/h4,8-12,16-17H,2,5H2,1,3H3. The van der Waals surface area contributed by atoms with E-state index in [1.165, 1.54) is 0 Å². The Hall–Kier alpha value is -1.17. The van der Waals surface area contributed by atoms with Gasteiger partial charge in [0.05, 0.1) is 17.9 Å². The highest BCUT2D eigenvalue weighted by Crippen LogP contribution is 2.67. The van der Waals surface area contributed by atoms with Crippen LogP contribution in [0.3, 0.4) is 0 Å². The summed E-state index contributed by atoms with van der Waals surface area (Å²) in [7, 11) is 0. The Labute approximate surface area is 116 Å². The van der Waals surface area contributed by atoms with Crippen molar-refractivity contribution in [3.63, 3.8) is 0 Å². The van der Waals surface area contributed by atoms with E-state index in [-0.39, 0.29) is 5.92 Å². The maximum atomic E-state index is 11.8. The molecule has 0 radical (unpaired) electrons. The molecule has 1 spiro atoms. The van der Waals surface area contributed by atoms with Gasteiger partial charge in [0.15, 0.2) is 0 Å². The number of esters is 1. The lowest BCUT2D eigenvalue weighted by Crippen LogP contribution is -2.43. The molecular weight excluding hydrogens is 260 g/mol. The Morgan fingerprint density at radius 3 is 2.85 bits per heavy atom. The van der Waals surface area contributed by atoms with E-state index in [1.54, 1.807) is 6.08 Å². The highest BCUT2D eigenvalue weighted by Gasteiger charge is 2.80. The lowest BCUT2D eigenvalue weighted by molar-refractivity contribution is -0.142. The number of aliphatic hydroxyl groups excluding tert-OH is 2. The molecule has 108 valence electrons. The molecule has 5 heteroatoms. The maximum absolute atomic E-state index is 11.8. The fraction of sp³-hybridized carbons (Fsp3) is 0.667. The van der Waals surface area contributed by atoms with Crippen LogP contribution in [0.2, 0.25) is 0 Å². The topological polar surface area (TPSA) is 79.3 Å². The third-order valence-electron chi connectivity index (χ3n) is 5.60. The predicted octanol–water partition coefficient (Wildman–Crippen LogP) is 0.313. The van der Waals surface area contributed by atoms with Gasteiger partial charge in [0, 0.05) is 12.0 Å². The predicted molar refractivity (Wildman–Crippen MR) is 68.6 cm³/mol. The first kappa shape index (κ1) is 12.6. The number of hydrogen-bond acceptors (Lipinski definition) is 5. The minimum atomic E-state index is -0.762. The van der Waals surface area contributed by atoms with Gasteiger partial charge in [-0.25, -0.2) is 4.79 Å². The third-order valence-corrected chi connectivity index (χ3v) is 5.60. The van der Waals surface area contributed by atoms with Crippen molar-refractivity contribution < 1.29 is 24.5 Å². The lowest BCUT2D eigenvalue weighted by atomic mass is 9.77. The largest absolute Gasteiger partial charge is 0.457 e. The Balaban J connectivity index is 1.86. The monoisotopic (exact) mass is 278 g/mol. The van der Waals surface area contributed by atoms with E-state index < -0.39 is 41.4 Å². The van der Waals surface area contributed by atoms with Gasteiger partial charge in [-0.15, -0.1) is 0 Å². The summed E-state index contributed by atoms with van der Waals surface area (Å²) in [5.41, 5.74) is -0.0611. The third kappa shape index (κ3) is 1.14. The smallest absolute Gasteiger partial charge is 0.334 e. The molecule has 2 aliphatic carbocycles. The second-order valence-electron chi connectivity index (χ2n) is 6.65. The van der Waals surface area contributed by atoms with Crippen LogP contribution in [0.5, 0.6) is 0 Å². The molecule has 0 aromatic rings. The first-order chi connectivity index (χ1) is 9.32. The van der Waals surface area contributed by atoms with Gasteiger partial charge >= 0.3 is 5.97 Å². The van der Waals surface area contributed by atoms with Gasteiger partial charge in [0.25, 0.3) is 0 Å². The zero-order valence-electron chi connectivity index (χ0n) is 11.5. The molecule has 0 bridgehead atoms. The zero-order chi connectivity index (χ0) is 14.4. The summed E-state index contributed by atoms with van der Waals surface area (Å²) in [6.07, 6.45) is 0.186. The zero-order valence-corrected chi connectivity index (χ0v) is 11.5. The van der Waals surface area contributed by atoms with Crippen LogP contribution in [0, 0.1) is 11.8 Å². The van der Waals surface area contributed by atoms with E-state index in [2.05, 4.69) is 6.58 Å². The van der Waals surface area contributed by atoms with Crippen molar-refractivity contribution in [2.75, 3.05) is 0 Å². The number of fused-ring (bicyclic) bond motifs is 2. The van der Waals surface area contributed by atoms with Crippen LogP contribution in [-0.4, -0.2) is 45.7 Å². The summed E-state index contributed by atoms with van der Waals surface area (Å²) in [6.45, 7) is 7.59. The summed E-state index contributed by atoms with van der Waals surface area (Å²) >= 11 is 0. The summed E-state index contributed by atoms with van der Waals surface area (Å²) in [5.74, 6) is -1.08. The van der Waals surface area contributed by atoms with Crippen molar-refractivity contribution in [2.24, 2.45) is 11.8 Å². The maximum Gasteiger partial charge on any atom is 0.334 e. The molecule has 2 aliphatic heterocycles. The van der Waals surface area contributed by atoms with Gasteiger partial charge in [0.2, 0.25) is 0 Å². The number of epoxide rings is 1. The molecule has 0 aromatic heterocycles. The molecule has 2 heterocycles. The van der Waals surface area contributed by atoms with Crippen molar-refractivity contribution >= 4 is 5.97 Å². The van der Waals surface area contributed by atoms with Crippen LogP contribution in [0.4, 0.5) is 0 Å². The molecule has 20 heavy (non-hydrogen) atoms. The van der Waals surface area contributed by atoms with Crippen LogP contribution in [0.1, 0.15) is 20.3 Å². The second kappa shape index (κ2) is 3.35. The molecule has 7 unspecified atom stereocenters. The molecule has 4 aliphatic rings. The summed E-state index contributed by atoms with van der Waals surface area (Å²) < 4.78 is 11.4. The minimum absolute atomic E-state index is 0.215. The minimum Gasteiger partial charge on any atom is -0.457 e. The number of hydrogen-bond donors (Lipinski definition) is 2. The van der Waals surface area contributed by atoms with Crippen LogP contribution < -0.4 is 0 Å². The van der Waals surface area contributed by atoms with Crippen LogP contribution in [0.25, 0.3) is 0 Å². The van der Waals surface area contributed by atoms with E-state index in [9.17, 15) is 15.0 Å². The molecule has 2 N–H and O–H groups in total. The highest BCUT2D eigenvalue weighted by atomic mass is 16.6. The van der Waals surface area contributed by atoms with Gasteiger partial charge in [-0.1, -0.05) is 18.2 Å². The Morgan fingerprint density at radius 1 is 1.45 bits per heavy atom. The van der Waals surface area contributed by atoms with E-state index in [4.69, 9.17) is 9.47 Å². The number of ether oxygens (including phenoxy) is 2. The van der Waals surface area contributed by atoms with Crippen LogP contribution in [0.15, 0.2) is 23.8 Å². The van der Waals surface area contributed by atoms with Crippen molar-refractivity contribution in [1.82, 2.24) is 0 Å². The Morgan fingerprint density at radius 2 is 2.15 bits per heavy atom. The van der Waals surface area contributed by atoms with Gasteiger partial charge in [0.1, 0.15) is 23.4 Å². The summed E-state index contributed by atoms with van der Waals surface area (Å²) in [5, 5.41) is 20.8. The van der Waals surface area contributed by atoms with Crippen molar-refractivity contribution in [3.8, 4) is 0 Å². The molecule has 0 aromatic carbocycles. The molecular formula is C15H18O5. The summed E-state index contributed by atoms with van der Waals surface area (Å²) in [6, 6.07) is 0. The van der Waals surface area contributed by atoms with E-state index in [0.717, 1.165) is 5.57 Å². The van der Waals surface area contributed by atoms with E-state index in [0.29, 0.717) is 12.0 Å². The first-order valence-corrected chi connectivity index (χ1v) is 6.96. The van der Waals surface area contributed by atoms with Crippen molar-refractivity contribution in [1.29, 1.82) is 0 Å². The molecule has 4 rings (SSSR count). The molecule has 3 fully saturated rings. The number of carbonyl (C=O) groups excluding carboxylic acids is 1. The Bertz CT molecular complexity index is 567. The first-order valence-electron chi connectivity index (χ1n) is 6.96. The highest BCUT2D eigenvalue weighted by molar-refractivity contribution is 5.91. The number of aliphatic hydroxyl groups is 2. The van der Waals surface area contributed by atoms with E-state index in [1.807, 2.05) is 13.8 Å². The average Bonchev–Trinajstić information content (AvgIpc) is 2.73. The van der Waals surface area contributed by atoms with E-state index >= 15 is 0 Å².